The van der Waals surface area contributed by atoms with Crippen molar-refractivity contribution in [3.05, 3.63) is 66.2 Å². The fraction of sp³-hybridized carbons (Fsp3) is 0.105. The van der Waals surface area contributed by atoms with Crippen molar-refractivity contribution in [1.29, 1.82) is 0 Å². The zero-order chi connectivity index (χ0) is 17.9. The summed E-state index contributed by atoms with van der Waals surface area (Å²) in [4.78, 5) is 19.9. The largest absolute Gasteiger partial charge is 0.497 e. The van der Waals surface area contributed by atoms with Gasteiger partial charge in [0.1, 0.15) is 17.3 Å². The van der Waals surface area contributed by atoms with E-state index in [4.69, 9.17) is 9.26 Å². The van der Waals surface area contributed by atoms with E-state index in [2.05, 4.69) is 20.4 Å². The van der Waals surface area contributed by atoms with Gasteiger partial charge in [0.25, 0.3) is 5.91 Å². The second-order valence-corrected chi connectivity index (χ2v) is 5.69. The zero-order valence-electron chi connectivity index (χ0n) is 14.0. The molecule has 0 atom stereocenters. The van der Waals surface area contributed by atoms with Crippen molar-refractivity contribution in [2.24, 2.45) is 0 Å². The van der Waals surface area contributed by atoms with Crippen molar-refractivity contribution in [2.45, 2.75) is 6.54 Å². The van der Waals surface area contributed by atoms with Crippen LogP contribution in [0, 0.1) is 0 Å². The van der Waals surface area contributed by atoms with E-state index < -0.39 is 0 Å². The predicted octanol–water partition coefficient (Wildman–Crippen LogP) is 3.16. The average Bonchev–Trinajstić information content (AvgIpc) is 3.33. The van der Waals surface area contributed by atoms with Crippen molar-refractivity contribution in [1.82, 2.24) is 20.4 Å². The fourth-order valence-electron chi connectivity index (χ4n) is 2.62. The molecule has 7 nitrogen and oxygen atoms in total. The molecular formula is C19H16N4O3. The number of aromatic nitrogens is 3. The molecule has 2 heterocycles. The molecule has 0 saturated carbocycles. The number of carbonyl (C=O) groups is 1. The topological polar surface area (TPSA) is 93.0 Å². The lowest BCUT2D eigenvalue weighted by atomic mass is 10.1. The number of ether oxygens (including phenoxy) is 1. The lowest BCUT2D eigenvalue weighted by Gasteiger charge is -1.99. The molecule has 0 spiro atoms. The number of carbonyl (C=O) groups excluding carboxylic acids is 1. The Bertz CT molecular complexity index is 1020. The fourth-order valence-corrected chi connectivity index (χ4v) is 2.62. The van der Waals surface area contributed by atoms with Crippen molar-refractivity contribution in [3.63, 3.8) is 0 Å². The molecular weight excluding hydrogens is 332 g/mol. The van der Waals surface area contributed by atoms with E-state index in [0.29, 0.717) is 11.5 Å². The molecule has 1 amide bonds. The summed E-state index contributed by atoms with van der Waals surface area (Å²) in [5.74, 6) is 1.22. The van der Waals surface area contributed by atoms with E-state index in [9.17, 15) is 4.79 Å². The van der Waals surface area contributed by atoms with Crippen molar-refractivity contribution in [2.75, 3.05) is 7.11 Å². The molecule has 0 unspecified atom stereocenters. The number of rotatable bonds is 5. The highest BCUT2D eigenvalue weighted by atomic mass is 16.5. The molecule has 2 aromatic heterocycles. The number of hydrogen-bond donors (Lipinski definition) is 2. The van der Waals surface area contributed by atoms with Gasteiger partial charge in [0.2, 0.25) is 5.76 Å². The number of para-hydroxylation sites is 2. The van der Waals surface area contributed by atoms with Crippen molar-refractivity contribution < 1.29 is 14.1 Å². The number of imidazole rings is 1. The molecule has 0 aliphatic carbocycles. The lowest BCUT2D eigenvalue weighted by Crippen LogP contribution is -2.22. The normalized spacial score (nSPS) is 10.8. The van der Waals surface area contributed by atoms with Gasteiger partial charge >= 0.3 is 0 Å². The maximum atomic E-state index is 12.3. The van der Waals surface area contributed by atoms with E-state index in [-0.39, 0.29) is 18.2 Å². The first-order valence-corrected chi connectivity index (χ1v) is 8.06. The first kappa shape index (κ1) is 15.9. The molecule has 0 fully saturated rings. The Morgan fingerprint density at radius 3 is 2.77 bits per heavy atom. The Balaban J connectivity index is 1.44. The van der Waals surface area contributed by atoms with E-state index >= 15 is 0 Å². The number of nitrogens with one attached hydrogen (secondary N) is 2. The third-order valence-corrected chi connectivity index (χ3v) is 3.97. The highest BCUT2D eigenvalue weighted by Crippen LogP contribution is 2.22. The molecule has 0 radical (unpaired) electrons. The van der Waals surface area contributed by atoms with Gasteiger partial charge in [0.05, 0.1) is 24.7 Å². The standard InChI is InChI=1S/C19H16N4O3/c1-25-13-8-6-12(7-9-13)16-10-17(26-23-16)19(24)20-11-18-21-14-4-2-3-5-15(14)22-18/h2-10H,11H2,1H3,(H,20,24)(H,21,22). The minimum atomic E-state index is -0.349. The van der Waals surface area contributed by atoms with Crippen LogP contribution in [0.25, 0.3) is 22.3 Å². The second kappa shape index (κ2) is 6.72. The van der Waals surface area contributed by atoms with Crippen LogP contribution >= 0.6 is 0 Å². The van der Waals surface area contributed by atoms with E-state index in [1.165, 1.54) is 0 Å². The van der Waals surface area contributed by atoms with Crippen LogP contribution in [0.2, 0.25) is 0 Å². The van der Waals surface area contributed by atoms with Gasteiger partial charge in [-0.2, -0.15) is 0 Å². The smallest absolute Gasteiger partial charge is 0.290 e. The van der Waals surface area contributed by atoms with E-state index in [1.54, 1.807) is 13.2 Å². The number of methoxy groups -OCH3 is 1. The quantitative estimate of drug-likeness (QED) is 0.578. The predicted molar refractivity (Wildman–Crippen MR) is 95.8 cm³/mol. The summed E-state index contributed by atoms with van der Waals surface area (Å²) in [7, 11) is 1.61. The summed E-state index contributed by atoms with van der Waals surface area (Å²) in [6.07, 6.45) is 0. The summed E-state index contributed by atoms with van der Waals surface area (Å²) in [5, 5.41) is 6.73. The summed E-state index contributed by atoms with van der Waals surface area (Å²) in [6, 6.07) is 16.7. The molecule has 26 heavy (non-hydrogen) atoms. The van der Waals surface area contributed by atoms with Gasteiger partial charge in [0.15, 0.2) is 0 Å². The minimum Gasteiger partial charge on any atom is -0.497 e. The van der Waals surface area contributed by atoms with Gasteiger partial charge in [-0.15, -0.1) is 0 Å². The van der Waals surface area contributed by atoms with E-state index in [1.807, 2.05) is 48.5 Å². The molecule has 4 rings (SSSR count). The van der Waals surface area contributed by atoms with E-state index in [0.717, 1.165) is 22.3 Å². The summed E-state index contributed by atoms with van der Waals surface area (Å²) < 4.78 is 10.3. The molecule has 2 N–H and O–H groups in total. The monoisotopic (exact) mass is 348 g/mol. The van der Waals surface area contributed by atoms with Gasteiger partial charge in [-0.05, 0) is 36.4 Å². The summed E-state index contributed by atoms with van der Waals surface area (Å²) >= 11 is 0. The molecule has 0 bridgehead atoms. The van der Waals surface area contributed by atoms with Crippen LogP contribution in [0.4, 0.5) is 0 Å². The first-order valence-electron chi connectivity index (χ1n) is 8.06. The Labute approximate surface area is 149 Å². The Morgan fingerprint density at radius 1 is 1.19 bits per heavy atom. The van der Waals surface area contributed by atoms with Gasteiger partial charge in [-0.1, -0.05) is 17.3 Å². The molecule has 4 aromatic rings. The average molecular weight is 348 g/mol. The molecule has 130 valence electrons. The van der Waals surface area contributed by atoms with Gasteiger partial charge in [-0.25, -0.2) is 4.98 Å². The highest BCUT2D eigenvalue weighted by molar-refractivity contribution is 5.92. The molecule has 0 saturated heterocycles. The molecule has 0 aliphatic rings. The van der Waals surface area contributed by atoms with Crippen LogP contribution in [0.3, 0.4) is 0 Å². The van der Waals surface area contributed by atoms with Crippen molar-refractivity contribution in [3.8, 4) is 17.0 Å². The van der Waals surface area contributed by atoms with Crippen molar-refractivity contribution >= 4 is 16.9 Å². The number of fused-ring (bicyclic) bond motifs is 1. The Kier molecular flexibility index (Phi) is 4.10. The number of aromatic amines is 1. The SMILES string of the molecule is COc1ccc(-c2cc(C(=O)NCc3nc4ccccc4[nH]3)on2)cc1. The second-order valence-electron chi connectivity index (χ2n) is 5.69. The van der Waals surface area contributed by atoms with Crippen LogP contribution in [-0.4, -0.2) is 28.1 Å². The van der Waals surface area contributed by atoms with Crippen LogP contribution < -0.4 is 10.1 Å². The number of benzene rings is 2. The Morgan fingerprint density at radius 2 is 2.00 bits per heavy atom. The summed E-state index contributed by atoms with van der Waals surface area (Å²) in [6.45, 7) is 0.270. The van der Waals surface area contributed by atoms with Gasteiger partial charge < -0.3 is 19.6 Å². The molecule has 7 heteroatoms. The lowest BCUT2D eigenvalue weighted by molar-refractivity contribution is 0.0913. The van der Waals surface area contributed by atoms with Crippen LogP contribution in [0.5, 0.6) is 5.75 Å². The van der Waals surface area contributed by atoms with Crippen LogP contribution in [0.1, 0.15) is 16.4 Å². The third kappa shape index (κ3) is 3.14. The number of H-pyrrole nitrogens is 1. The zero-order valence-corrected chi connectivity index (χ0v) is 14.0. The number of amides is 1. The third-order valence-electron chi connectivity index (χ3n) is 3.97. The first-order chi connectivity index (χ1) is 12.7. The van der Waals surface area contributed by atoms with Gasteiger partial charge in [-0.3, -0.25) is 4.79 Å². The van der Waals surface area contributed by atoms with Gasteiger partial charge in [0, 0.05) is 11.6 Å². The molecule has 0 aliphatic heterocycles. The Hall–Kier alpha value is -3.61. The maximum absolute atomic E-state index is 12.3. The molecule has 2 aromatic carbocycles. The summed E-state index contributed by atoms with van der Waals surface area (Å²) in [5.41, 5.74) is 3.21. The van der Waals surface area contributed by atoms with Crippen LogP contribution in [0.15, 0.2) is 59.1 Å². The highest BCUT2D eigenvalue weighted by Gasteiger charge is 2.14. The minimum absolute atomic E-state index is 0.145. The maximum Gasteiger partial charge on any atom is 0.290 e. The number of hydrogen-bond acceptors (Lipinski definition) is 5. The number of nitrogens with zero attached hydrogens (tertiary/aromatic N) is 2. The van der Waals surface area contributed by atoms with Crippen LogP contribution in [-0.2, 0) is 6.54 Å².